The third-order valence-corrected chi connectivity index (χ3v) is 1.24. The van der Waals surface area contributed by atoms with Gasteiger partial charge in [0.15, 0.2) is 0 Å². The highest BCUT2D eigenvalue weighted by atomic mass is 35.5. The third-order valence-electron chi connectivity index (χ3n) is 1.06. The summed E-state index contributed by atoms with van der Waals surface area (Å²) in [5.74, 6) is -1.36. The van der Waals surface area contributed by atoms with Crippen molar-refractivity contribution in [1.82, 2.24) is 0 Å². The zero-order valence-electron chi connectivity index (χ0n) is 6.03. The molecule has 0 bridgehead atoms. The molecule has 0 saturated heterocycles. The van der Waals surface area contributed by atoms with Crippen molar-refractivity contribution in [3.05, 3.63) is 0 Å². The average Bonchev–Trinajstić information content (AvgIpc) is 1.99. The van der Waals surface area contributed by atoms with Gasteiger partial charge in [-0.2, -0.15) is 4.39 Å². The van der Waals surface area contributed by atoms with Crippen LogP contribution in [0.5, 0.6) is 0 Å². The summed E-state index contributed by atoms with van der Waals surface area (Å²) in [5, 5.41) is 0. The fourth-order valence-corrected chi connectivity index (χ4v) is 0.453. The van der Waals surface area contributed by atoms with E-state index in [-0.39, 0.29) is 13.0 Å². The van der Waals surface area contributed by atoms with E-state index in [2.05, 4.69) is 16.6 Å². The van der Waals surface area contributed by atoms with Gasteiger partial charge in [0.2, 0.25) is 11.6 Å². The van der Waals surface area contributed by atoms with Crippen molar-refractivity contribution in [2.24, 2.45) is 4.99 Å². The van der Waals surface area contributed by atoms with E-state index in [1.807, 2.05) is 0 Å². The summed E-state index contributed by atoms with van der Waals surface area (Å²) in [5.41, 5.74) is -2.25. The molecule has 11 heavy (non-hydrogen) atoms. The summed E-state index contributed by atoms with van der Waals surface area (Å²) in [6.07, 6.45) is -0.994. The molecule has 5 heteroatoms. The van der Waals surface area contributed by atoms with E-state index in [4.69, 9.17) is 0 Å². The lowest BCUT2D eigenvalue weighted by atomic mass is 10.3. The summed E-state index contributed by atoms with van der Waals surface area (Å²) in [6, 6.07) is 0. The molecule has 0 aliphatic carbocycles. The molecule has 0 heterocycles. The summed E-state index contributed by atoms with van der Waals surface area (Å²) in [7, 11) is 0. The summed E-state index contributed by atoms with van der Waals surface area (Å²) in [6.45, 7) is 1.22. The second kappa shape index (κ2) is 5.41. The number of aliphatic imine (C=N–C) groups is 1. The molecular formula is C6H9ClF3N. The molecule has 0 aliphatic rings. The van der Waals surface area contributed by atoms with Crippen LogP contribution in [-0.4, -0.2) is 24.3 Å². The molecule has 0 rings (SSSR count). The van der Waals surface area contributed by atoms with Crippen LogP contribution in [-0.2, 0) is 0 Å². The summed E-state index contributed by atoms with van der Waals surface area (Å²) < 4.78 is 36.2. The fraction of sp³-hybridized carbons (Fsp3) is 0.833. The van der Waals surface area contributed by atoms with Crippen molar-refractivity contribution in [2.45, 2.75) is 25.1 Å². The van der Waals surface area contributed by atoms with E-state index >= 15 is 0 Å². The van der Waals surface area contributed by atoms with Crippen LogP contribution in [0.2, 0.25) is 0 Å². The molecule has 0 aromatic carbocycles. The lowest BCUT2D eigenvalue weighted by molar-refractivity contribution is 0.332. The van der Waals surface area contributed by atoms with E-state index in [0.29, 0.717) is 0 Å². The van der Waals surface area contributed by atoms with Gasteiger partial charge in [-0.25, -0.2) is 8.78 Å². The van der Waals surface area contributed by atoms with Crippen molar-refractivity contribution < 1.29 is 13.2 Å². The zero-order valence-corrected chi connectivity index (χ0v) is 6.78. The Kier molecular flexibility index (Phi) is 5.28. The molecule has 0 fully saturated rings. The Balaban J connectivity index is 3.72. The first kappa shape index (κ1) is 10.8. The van der Waals surface area contributed by atoms with Crippen molar-refractivity contribution in [2.75, 3.05) is 6.54 Å². The number of halogens is 4. The molecule has 0 spiro atoms. The van der Waals surface area contributed by atoms with Crippen LogP contribution < -0.4 is 0 Å². The number of nitrogens with zero attached hydrogens (tertiary/aromatic N) is 1. The Morgan fingerprint density at radius 2 is 2.09 bits per heavy atom. The van der Waals surface area contributed by atoms with Gasteiger partial charge in [-0.15, -0.1) is 0 Å². The van der Waals surface area contributed by atoms with Crippen molar-refractivity contribution in [1.29, 1.82) is 0 Å². The van der Waals surface area contributed by atoms with Crippen molar-refractivity contribution >= 4 is 17.6 Å². The molecule has 0 N–H and O–H groups in total. The predicted octanol–water partition coefficient (Wildman–Crippen LogP) is 2.64. The first-order valence-corrected chi connectivity index (χ1v) is 3.63. The van der Waals surface area contributed by atoms with E-state index in [1.54, 1.807) is 6.92 Å². The van der Waals surface area contributed by atoms with Crippen LogP contribution in [0.25, 0.3) is 0 Å². The number of hydrogen-bond acceptors (Lipinski definition) is 1. The maximum atomic E-state index is 12.3. The molecule has 0 amide bonds. The Labute approximate surface area is 68.3 Å². The first-order chi connectivity index (χ1) is 5.07. The van der Waals surface area contributed by atoms with E-state index in [9.17, 15) is 13.2 Å². The lowest BCUT2D eigenvalue weighted by Crippen LogP contribution is -2.08. The van der Waals surface area contributed by atoms with Crippen LogP contribution in [0.15, 0.2) is 4.99 Å². The standard InChI is InChI=1S/C6H9ClF3N/c1-2-4(8)3-11-6(10)5(7)9/h4-5H,2-3H2,1H3. The van der Waals surface area contributed by atoms with Crippen molar-refractivity contribution in [3.8, 4) is 0 Å². The quantitative estimate of drug-likeness (QED) is 0.474. The van der Waals surface area contributed by atoms with Crippen LogP contribution in [0.3, 0.4) is 0 Å². The van der Waals surface area contributed by atoms with Gasteiger partial charge in [-0.3, -0.25) is 4.99 Å². The van der Waals surface area contributed by atoms with Crippen LogP contribution >= 0.6 is 11.6 Å². The minimum atomic E-state index is -2.25. The van der Waals surface area contributed by atoms with Gasteiger partial charge in [0.05, 0.1) is 6.54 Å². The fourth-order valence-electron chi connectivity index (χ4n) is 0.384. The molecule has 2 atom stereocenters. The molecule has 0 radical (unpaired) electrons. The van der Waals surface area contributed by atoms with Crippen LogP contribution in [0, 0.1) is 0 Å². The Bertz CT molecular complexity index is 138. The first-order valence-electron chi connectivity index (χ1n) is 3.20. The minimum Gasteiger partial charge on any atom is -0.255 e. The minimum absolute atomic E-state index is 0.232. The van der Waals surface area contributed by atoms with Gasteiger partial charge in [-0.05, 0) is 6.42 Å². The molecule has 0 aliphatic heterocycles. The van der Waals surface area contributed by atoms with E-state index in [0.717, 1.165) is 0 Å². The maximum Gasteiger partial charge on any atom is 0.241 e. The lowest BCUT2D eigenvalue weighted by Gasteiger charge is -1.99. The maximum absolute atomic E-state index is 12.3. The van der Waals surface area contributed by atoms with Gasteiger partial charge in [0.1, 0.15) is 6.17 Å². The van der Waals surface area contributed by atoms with E-state index in [1.165, 1.54) is 0 Å². The van der Waals surface area contributed by atoms with Gasteiger partial charge in [0.25, 0.3) is 0 Å². The SMILES string of the molecule is CCC(F)CN=C(F)C(F)Cl. The van der Waals surface area contributed by atoms with Gasteiger partial charge >= 0.3 is 0 Å². The molecule has 0 aromatic rings. The number of alkyl halides is 3. The Morgan fingerprint density at radius 1 is 1.55 bits per heavy atom. The smallest absolute Gasteiger partial charge is 0.241 e. The Hall–Kier alpha value is -0.250. The zero-order chi connectivity index (χ0) is 8.85. The monoisotopic (exact) mass is 187 g/mol. The predicted molar refractivity (Wildman–Crippen MR) is 39.3 cm³/mol. The van der Waals surface area contributed by atoms with E-state index < -0.39 is 17.8 Å². The van der Waals surface area contributed by atoms with Gasteiger partial charge in [-0.1, -0.05) is 18.5 Å². The van der Waals surface area contributed by atoms with Crippen LogP contribution in [0.1, 0.15) is 13.3 Å². The Morgan fingerprint density at radius 3 is 2.45 bits per heavy atom. The second-order valence-electron chi connectivity index (χ2n) is 1.97. The second-order valence-corrected chi connectivity index (χ2v) is 2.35. The number of rotatable bonds is 4. The molecule has 2 unspecified atom stereocenters. The topological polar surface area (TPSA) is 12.4 Å². The highest BCUT2D eigenvalue weighted by Gasteiger charge is 2.10. The van der Waals surface area contributed by atoms with Gasteiger partial charge in [0, 0.05) is 0 Å². The molecule has 66 valence electrons. The highest BCUT2D eigenvalue weighted by Crippen LogP contribution is 2.04. The molecule has 0 saturated carbocycles. The average molecular weight is 188 g/mol. The largest absolute Gasteiger partial charge is 0.255 e. The third kappa shape index (κ3) is 5.07. The summed E-state index contributed by atoms with van der Waals surface area (Å²) in [4.78, 5) is 2.96. The van der Waals surface area contributed by atoms with Crippen molar-refractivity contribution in [3.63, 3.8) is 0 Å². The molecule has 0 aromatic heterocycles. The van der Waals surface area contributed by atoms with Crippen LogP contribution in [0.4, 0.5) is 13.2 Å². The highest BCUT2D eigenvalue weighted by molar-refractivity contribution is 6.29. The molecular weight excluding hydrogens is 179 g/mol. The normalized spacial score (nSPS) is 18.1. The summed E-state index contributed by atoms with van der Waals surface area (Å²) >= 11 is 4.66. The van der Waals surface area contributed by atoms with Gasteiger partial charge < -0.3 is 0 Å². The molecule has 1 nitrogen and oxygen atoms in total. The number of hydrogen-bond donors (Lipinski definition) is 0.